The van der Waals surface area contributed by atoms with E-state index in [2.05, 4.69) is 20.5 Å². The van der Waals surface area contributed by atoms with Crippen molar-refractivity contribution in [3.8, 4) is 5.75 Å². The van der Waals surface area contributed by atoms with Crippen LogP contribution in [0.3, 0.4) is 0 Å². The fraction of sp³-hybridized carbons (Fsp3) is 0.227. The minimum absolute atomic E-state index is 0.180. The van der Waals surface area contributed by atoms with Gasteiger partial charge in [0.2, 0.25) is 0 Å². The third kappa shape index (κ3) is 5.61. The summed E-state index contributed by atoms with van der Waals surface area (Å²) in [7, 11) is 0. The fourth-order valence-electron chi connectivity index (χ4n) is 3.05. The van der Waals surface area contributed by atoms with Gasteiger partial charge >= 0.3 is 0 Å². The number of aromatic nitrogens is 1. The standard InChI is InChI=1S/C22H22N4O5/c27-21(24-17-6-7-20(23-14-17)26-8-11-29-12-9-26)15-31-18-4-1-3-16(13-18)25-22(28)19-5-2-10-30-19/h1-7,10,13-14H,8-9,11-12,15H2,(H,24,27)(H,25,28). The number of anilines is 3. The lowest BCUT2D eigenvalue weighted by Crippen LogP contribution is -2.36. The Morgan fingerprint density at radius 1 is 1.03 bits per heavy atom. The normalized spacial score (nSPS) is 13.5. The quantitative estimate of drug-likeness (QED) is 0.603. The number of ether oxygens (including phenoxy) is 2. The van der Waals surface area contributed by atoms with Crippen LogP contribution in [0.4, 0.5) is 17.2 Å². The van der Waals surface area contributed by atoms with E-state index in [0.29, 0.717) is 30.3 Å². The third-order valence-electron chi connectivity index (χ3n) is 4.57. The second kappa shape index (κ2) is 9.77. The van der Waals surface area contributed by atoms with Crippen LogP contribution in [0.25, 0.3) is 0 Å². The van der Waals surface area contributed by atoms with E-state index >= 15 is 0 Å². The molecule has 0 aliphatic carbocycles. The first-order valence-corrected chi connectivity index (χ1v) is 9.84. The van der Waals surface area contributed by atoms with Crippen LogP contribution in [0, 0.1) is 0 Å². The number of furan rings is 1. The molecule has 1 saturated heterocycles. The number of nitrogens with one attached hydrogen (secondary N) is 2. The molecule has 160 valence electrons. The molecule has 0 saturated carbocycles. The molecule has 0 bridgehead atoms. The predicted molar refractivity (Wildman–Crippen MR) is 114 cm³/mol. The van der Waals surface area contributed by atoms with E-state index in [-0.39, 0.29) is 24.2 Å². The highest BCUT2D eigenvalue weighted by Crippen LogP contribution is 2.19. The molecule has 2 N–H and O–H groups in total. The van der Waals surface area contributed by atoms with Gasteiger partial charge in [-0.25, -0.2) is 4.98 Å². The van der Waals surface area contributed by atoms with Gasteiger partial charge in [-0.3, -0.25) is 9.59 Å². The van der Waals surface area contributed by atoms with Crippen LogP contribution in [0.5, 0.6) is 5.75 Å². The van der Waals surface area contributed by atoms with Gasteiger partial charge in [0.25, 0.3) is 11.8 Å². The molecular formula is C22H22N4O5. The Morgan fingerprint density at radius 3 is 2.65 bits per heavy atom. The van der Waals surface area contributed by atoms with Crippen LogP contribution in [0.1, 0.15) is 10.6 Å². The van der Waals surface area contributed by atoms with Crippen LogP contribution in [-0.2, 0) is 9.53 Å². The van der Waals surface area contributed by atoms with Crippen molar-refractivity contribution < 1.29 is 23.5 Å². The summed E-state index contributed by atoms with van der Waals surface area (Å²) in [4.78, 5) is 30.8. The Morgan fingerprint density at radius 2 is 1.90 bits per heavy atom. The topological polar surface area (TPSA) is 106 Å². The molecule has 3 aromatic rings. The van der Waals surface area contributed by atoms with E-state index in [1.807, 2.05) is 6.07 Å². The van der Waals surface area contributed by atoms with Gasteiger partial charge in [0.05, 0.1) is 31.4 Å². The van der Waals surface area contributed by atoms with Crippen LogP contribution >= 0.6 is 0 Å². The first kappa shape index (κ1) is 20.4. The zero-order valence-corrected chi connectivity index (χ0v) is 16.7. The molecule has 0 spiro atoms. The SMILES string of the molecule is O=C(COc1cccc(NC(=O)c2ccco2)c1)Nc1ccc(N2CCOCC2)nc1. The molecule has 0 atom stereocenters. The molecule has 1 fully saturated rings. The third-order valence-corrected chi connectivity index (χ3v) is 4.57. The summed E-state index contributed by atoms with van der Waals surface area (Å²) >= 11 is 0. The van der Waals surface area contributed by atoms with Crippen molar-refractivity contribution in [2.45, 2.75) is 0 Å². The van der Waals surface area contributed by atoms with Crippen molar-refractivity contribution in [2.24, 2.45) is 0 Å². The molecule has 1 aromatic carbocycles. The average Bonchev–Trinajstić information content (AvgIpc) is 3.34. The monoisotopic (exact) mass is 422 g/mol. The van der Waals surface area contributed by atoms with Gasteiger partial charge in [-0.2, -0.15) is 0 Å². The summed E-state index contributed by atoms with van der Waals surface area (Å²) < 4.78 is 15.9. The van der Waals surface area contributed by atoms with E-state index in [4.69, 9.17) is 13.9 Å². The summed E-state index contributed by atoms with van der Waals surface area (Å²) in [6.07, 6.45) is 3.05. The van der Waals surface area contributed by atoms with Gasteiger partial charge in [-0.15, -0.1) is 0 Å². The molecule has 9 nitrogen and oxygen atoms in total. The molecule has 2 aromatic heterocycles. The zero-order valence-electron chi connectivity index (χ0n) is 16.7. The Labute approximate surface area is 179 Å². The molecule has 4 rings (SSSR count). The van der Waals surface area contributed by atoms with Crippen LogP contribution in [0.15, 0.2) is 65.4 Å². The Kier molecular flexibility index (Phi) is 6.44. The van der Waals surface area contributed by atoms with E-state index in [1.54, 1.807) is 48.7 Å². The number of hydrogen-bond donors (Lipinski definition) is 2. The van der Waals surface area contributed by atoms with E-state index in [0.717, 1.165) is 18.9 Å². The lowest BCUT2D eigenvalue weighted by atomic mass is 10.3. The van der Waals surface area contributed by atoms with Gasteiger partial charge in [0.1, 0.15) is 11.6 Å². The molecule has 0 unspecified atom stereocenters. The Balaban J connectivity index is 1.27. The van der Waals surface area contributed by atoms with E-state index in [1.165, 1.54) is 6.26 Å². The number of morpholine rings is 1. The maximum atomic E-state index is 12.2. The lowest BCUT2D eigenvalue weighted by Gasteiger charge is -2.27. The van der Waals surface area contributed by atoms with Crippen molar-refractivity contribution in [1.29, 1.82) is 0 Å². The fourth-order valence-corrected chi connectivity index (χ4v) is 3.05. The number of benzene rings is 1. The van der Waals surface area contributed by atoms with Gasteiger partial charge in [-0.05, 0) is 36.4 Å². The van der Waals surface area contributed by atoms with Crippen molar-refractivity contribution in [1.82, 2.24) is 4.98 Å². The number of rotatable bonds is 7. The highest BCUT2D eigenvalue weighted by atomic mass is 16.5. The molecule has 2 amide bonds. The van der Waals surface area contributed by atoms with Crippen LogP contribution in [0.2, 0.25) is 0 Å². The lowest BCUT2D eigenvalue weighted by molar-refractivity contribution is -0.118. The van der Waals surface area contributed by atoms with E-state index in [9.17, 15) is 9.59 Å². The Bertz CT molecular complexity index is 1010. The average molecular weight is 422 g/mol. The molecular weight excluding hydrogens is 400 g/mol. The minimum atomic E-state index is -0.368. The molecule has 1 aliphatic heterocycles. The minimum Gasteiger partial charge on any atom is -0.484 e. The van der Waals surface area contributed by atoms with Gasteiger partial charge < -0.3 is 29.4 Å². The number of nitrogens with zero attached hydrogens (tertiary/aromatic N) is 2. The zero-order chi connectivity index (χ0) is 21.5. The van der Waals surface area contributed by atoms with Gasteiger partial charge in [-0.1, -0.05) is 6.07 Å². The maximum Gasteiger partial charge on any atom is 0.291 e. The van der Waals surface area contributed by atoms with E-state index < -0.39 is 0 Å². The smallest absolute Gasteiger partial charge is 0.291 e. The van der Waals surface area contributed by atoms with Crippen molar-refractivity contribution in [3.05, 3.63) is 66.8 Å². The van der Waals surface area contributed by atoms with Crippen LogP contribution < -0.4 is 20.3 Å². The van der Waals surface area contributed by atoms with Crippen molar-refractivity contribution in [3.63, 3.8) is 0 Å². The number of hydrogen-bond acceptors (Lipinski definition) is 7. The highest BCUT2D eigenvalue weighted by molar-refractivity contribution is 6.02. The second-order valence-electron chi connectivity index (χ2n) is 6.80. The summed E-state index contributed by atoms with van der Waals surface area (Å²) in [5, 5.41) is 5.47. The number of carbonyl (C=O) groups excluding carboxylic acids is 2. The summed E-state index contributed by atoms with van der Waals surface area (Å²) in [6, 6.07) is 13.7. The number of amides is 2. The molecule has 3 heterocycles. The summed E-state index contributed by atoms with van der Waals surface area (Å²) in [5.74, 6) is 0.831. The number of carbonyl (C=O) groups is 2. The summed E-state index contributed by atoms with van der Waals surface area (Å²) in [5.41, 5.74) is 1.12. The second-order valence-corrected chi connectivity index (χ2v) is 6.80. The number of pyridine rings is 1. The summed E-state index contributed by atoms with van der Waals surface area (Å²) in [6.45, 7) is 2.79. The molecule has 9 heteroatoms. The molecule has 0 radical (unpaired) electrons. The first-order valence-electron chi connectivity index (χ1n) is 9.84. The largest absolute Gasteiger partial charge is 0.484 e. The first-order chi connectivity index (χ1) is 15.2. The van der Waals surface area contributed by atoms with Crippen molar-refractivity contribution in [2.75, 3.05) is 48.4 Å². The van der Waals surface area contributed by atoms with Crippen LogP contribution in [-0.4, -0.2) is 49.7 Å². The van der Waals surface area contributed by atoms with Gasteiger partial charge in [0, 0.05) is 24.8 Å². The molecule has 31 heavy (non-hydrogen) atoms. The van der Waals surface area contributed by atoms with Gasteiger partial charge in [0.15, 0.2) is 12.4 Å². The maximum absolute atomic E-state index is 12.2. The van der Waals surface area contributed by atoms with Crippen molar-refractivity contribution >= 4 is 29.0 Å². The Hall–Kier alpha value is -3.85. The highest BCUT2D eigenvalue weighted by Gasteiger charge is 2.13. The molecule has 1 aliphatic rings. The predicted octanol–water partition coefficient (Wildman–Crippen LogP) is 2.78.